The van der Waals surface area contributed by atoms with Gasteiger partial charge in [0.15, 0.2) is 0 Å². The fraction of sp³-hybridized carbons (Fsp3) is 0.533. The molecule has 1 aromatic carbocycles. The fourth-order valence-corrected chi connectivity index (χ4v) is 3.67. The number of rotatable bonds is 5. The molecule has 22 heavy (non-hydrogen) atoms. The predicted molar refractivity (Wildman–Crippen MR) is 82.8 cm³/mol. The summed E-state index contributed by atoms with van der Waals surface area (Å²) in [7, 11) is 0. The first-order valence-electron chi connectivity index (χ1n) is 7.23. The molecule has 0 bridgehead atoms. The van der Waals surface area contributed by atoms with E-state index in [1.54, 1.807) is 18.7 Å². The van der Waals surface area contributed by atoms with Crippen LogP contribution in [0.5, 0.6) is 0 Å². The molecule has 1 aromatic rings. The van der Waals surface area contributed by atoms with E-state index in [-0.39, 0.29) is 12.1 Å². The number of benzene rings is 1. The zero-order chi connectivity index (χ0) is 16.2. The highest BCUT2D eigenvalue weighted by atomic mass is 32.2. The van der Waals surface area contributed by atoms with Crippen LogP contribution in [0.15, 0.2) is 18.2 Å². The van der Waals surface area contributed by atoms with Crippen molar-refractivity contribution in [2.45, 2.75) is 31.4 Å². The van der Waals surface area contributed by atoms with Crippen LogP contribution in [0.3, 0.4) is 0 Å². The monoisotopic (exact) mass is 330 g/mol. The van der Waals surface area contributed by atoms with Crippen LogP contribution in [-0.4, -0.2) is 34.8 Å². The minimum absolute atomic E-state index is 0.118. The van der Waals surface area contributed by atoms with Crippen LogP contribution in [-0.2, 0) is 0 Å². The number of aliphatic hydroxyl groups is 1. The molecule has 1 heterocycles. The summed E-state index contributed by atoms with van der Waals surface area (Å²) in [6.07, 6.45) is 1.06. The fourth-order valence-electron chi connectivity index (χ4n) is 2.37. The Morgan fingerprint density at radius 1 is 1.50 bits per heavy atom. The standard InChI is InChI=1S/C15H20F2N2O2S/c1-2-13(11-7-10(16)3-4-12(11)17)19-14(20)18-8-15(21)5-6-22-9-15/h3-4,7,13,21H,2,5-6,8-9H2,1H3,(H2,18,19,20)/t13-,15-/m1/s1. The Balaban J connectivity index is 1.94. The van der Waals surface area contributed by atoms with E-state index in [4.69, 9.17) is 0 Å². The number of halogens is 2. The van der Waals surface area contributed by atoms with E-state index in [2.05, 4.69) is 10.6 Å². The molecule has 122 valence electrons. The maximum Gasteiger partial charge on any atom is 0.315 e. The number of urea groups is 1. The summed E-state index contributed by atoms with van der Waals surface area (Å²) in [5, 5.41) is 15.4. The third-order valence-corrected chi connectivity index (χ3v) is 4.94. The molecule has 1 aliphatic rings. The van der Waals surface area contributed by atoms with Crippen LogP contribution < -0.4 is 10.6 Å². The Kier molecular flexibility index (Phi) is 5.63. The summed E-state index contributed by atoms with van der Waals surface area (Å²) >= 11 is 1.64. The number of nitrogens with one attached hydrogen (secondary N) is 2. The molecule has 0 aromatic heterocycles. The zero-order valence-electron chi connectivity index (χ0n) is 12.4. The molecular weight excluding hydrogens is 310 g/mol. The van der Waals surface area contributed by atoms with Gasteiger partial charge in [0, 0.05) is 17.9 Å². The lowest BCUT2D eigenvalue weighted by Crippen LogP contribution is -2.47. The van der Waals surface area contributed by atoms with Crippen molar-refractivity contribution >= 4 is 17.8 Å². The van der Waals surface area contributed by atoms with E-state index >= 15 is 0 Å². The second-order valence-electron chi connectivity index (χ2n) is 5.48. The molecule has 7 heteroatoms. The van der Waals surface area contributed by atoms with Gasteiger partial charge in [-0.25, -0.2) is 13.6 Å². The third kappa shape index (κ3) is 4.33. The molecule has 0 saturated carbocycles. The summed E-state index contributed by atoms with van der Waals surface area (Å²) in [5.74, 6) is 0.350. The summed E-state index contributed by atoms with van der Waals surface area (Å²) < 4.78 is 27.0. The number of carbonyl (C=O) groups is 1. The number of hydrogen-bond donors (Lipinski definition) is 3. The quantitative estimate of drug-likeness (QED) is 0.778. The second kappa shape index (κ2) is 7.28. The first-order valence-corrected chi connectivity index (χ1v) is 8.38. The lowest BCUT2D eigenvalue weighted by atomic mass is 10.0. The maximum absolute atomic E-state index is 13.8. The lowest BCUT2D eigenvalue weighted by Gasteiger charge is -2.23. The van der Waals surface area contributed by atoms with Gasteiger partial charge in [-0.15, -0.1) is 0 Å². The Morgan fingerprint density at radius 2 is 2.27 bits per heavy atom. The molecule has 0 spiro atoms. The summed E-state index contributed by atoms with van der Waals surface area (Å²) in [6, 6.07) is 2.05. The van der Waals surface area contributed by atoms with E-state index < -0.39 is 29.3 Å². The number of hydrogen-bond acceptors (Lipinski definition) is 3. The first kappa shape index (κ1) is 17.0. The van der Waals surface area contributed by atoms with Crippen molar-refractivity contribution < 1.29 is 18.7 Å². The molecule has 2 rings (SSSR count). The average Bonchev–Trinajstić information content (AvgIpc) is 2.93. The Hall–Kier alpha value is -1.34. The van der Waals surface area contributed by atoms with Crippen LogP contribution in [0.2, 0.25) is 0 Å². The van der Waals surface area contributed by atoms with Gasteiger partial charge < -0.3 is 15.7 Å². The van der Waals surface area contributed by atoms with Gasteiger partial charge in [-0.3, -0.25) is 0 Å². The van der Waals surface area contributed by atoms with Gasteiger partial charge in [-0.1, -0.05) is 6.92 Å². The lowest BCUT2D eigenvalue weighted by molar-refractivity contribution is 0.0698. The summed E-state index contributed by atoms with van der Waals surface area (Å²) in [6.45, 7) is 1.92. The maximum atomic E-state index is 13.8. The molecular formula is C15H20F2N2O2S. The van der Waals surface area contributed by atoms with Gasteiger partial charge in [0.05, 0.1) is 11.6 Å². The third-order valence-electron chi connectivity index (χ3n) is 3.71. The molecule has 1 saturated heterocycles. The van der Waals surface area contributed by atoms with Gasteiger partial charge in [0.2, 0.25) is 0 Å². The molecule has 0 radical (unpaired) electrons. The van der Waals surface area contributed by atoms with E-state index in [1.807, 2.05) is 0 Å². The van der Waals surface area contributed by atoms with Gasteiger partial charge >= 0.3 is 6.03 Å². The summed E-state index contributed by atoms with van der Waals surface area (Å²) in [5.41, 5.74) is -0.763. The topological polar surface area (TPSA) is 61.4 Å². The molecule has 2 amide bonds. The van der Waals surface area contributed by atoms with Crippen molar-refractivity contribution in [1.82, 2.24) is 10.6 Å². The molecule has 1 aliphatic heterocycles. The van der Waals surface area contributed by atoms with Crippen molar-refractivity contribution in [3.8, 4) is 0 Å². The highest BCUT2D eigenvalue weighted by Gasteiger charge is 2.32. The number of carbonyl (C=O) groups excluding carboxylic acids is 1. The molecule has 3 N–H and O–H groups in total. The Labute approximate surface area is 132 Å². The molecule has 0 unspecified atom stereocenters. The van der Waals surface area contributed by atoms with Gasteiger partial charge in [-0.2, -0.15) is 11.8 Å². The zero-order valence-corrected chi connectivity index (χ0v) is 13.2. The van der Waals surface area contributed by atoms with Gasteiger partial charge in [0.25, 0.3) is 0 Å². The normalized spacial score (nSPS) is 22.4. The van der Waals surface area contributed by atoms with Crippen LogP contribution in [0.25, 0.3) is 0 Å². The van der Waals surface area contributed by atoms with Crippen LogP contribution in [0.1, 0.15) is 31.4 Å². The Morgan fingerprint density at radius 3 is 2.91 bits per heavy atom. The van der Waals surface area contributed by atoms with Crippen molar-refractivity contribution in [2.24, 2.45) is 0 Å². The number of thioether (sulfide) groups is 1. The minimum atomic E-state index is -0.881. The minimum Gasteiger partial charge on any atom is -0.387 e. The van der Waals surface area contributed by atoms with E-state index in [1.165, 1.54) is 0 Å². The molecule has 0 aliphatic carbocycles. The van der Waals surface area contributed by atoms with E-state index in [9.17, 15) is 18.7 Å². The summed E-state index contributed by atoms with van der Waals surface area (Å²) in [4.78, 5) is 11.9. The highest BCUT2D eigenvalue weighted by molar-refractivity contribution is 7.99. The molecule has 1 fully saturated rings. The van der Waals surface area contributed by atoms with Crippen LogP contribution in [0.4, 0.5) is 13.6 Å². The van der Waals surface area contributed by atoms with Gasteiger partial charge in [0.1, 0.15) is 11.6 Å². The Bertz CT molecular complexity index is 536. The van der Waals surface area contributed by atoms with Crippen LogP contribution in [0, 0.1) is 11.6 Å². The van der Waals surface area contributed by atoms with E-state index in [0.717, 1.165) is 24.0 Å². The number of amides is 2. The largest absolute Gasteiger partial charge is 0.387 e. The first-order chi connectivity index (χ1) is 10.4. The van der Waals surface area contributed by atoms with Crippen molar-refractivity contribution in [1.29, 1.82) is 0 Å². The second-order valence-corrected chi connectivity index (χ2v) is 6.59. The highest BCUT2D eigenvalue weighted by Crippen LogP contribution is 2.27. The van der Waals surface area contributed by atoms with Crippen molar-refractivity contribution in [2.75, 3.05) is 18.1 Å². The van der Waals surface area contributed by atoms with Crippen molar-refractivity contribution in [3.63, 3.8) is 0 Å². The smallest absolute Gasteiger partial charge is 0.315 e. The van der Waals surface area contributed by atoms with Gasteiger partial charge in [-0.05, 0) is 36.8 Å². The molecule has 4 nitrogen and oxygen atoms in total. The van der Waals surface area contributed by atoms with Crippen molar-refractivity contribution in [3.05, 3.63) is 35.4 Å². The molecule has 2 atom stereocenters. The van der Waals surface area contributed by atoms with Crippen LogP contribution >= 0.6 is 11.8 Å². The van der Waals surface area contributed by atoms with E-state index in [0.29, 0.717) is 18.6 Å². The SMILES string of the molecule is CC[C@@H](NC(=O)NC[C@]1(O)CCSC1)c1cc(F)ccc1F. The predicted octanol–water partition coefficient (Wildman–Crippen LogP) is 2.58. The average molecular weight is 330 g/mol.